The van der Waals surface area contributed by atoms with Gasteiger partial charge in [-0.1, -0.05) is 73.0 Å². The van der Waals surface area contributed by atoms with E-state index in [2.05, 4.69) is 67.6 Å². The molecule has 0 heterocycles. The van der Waals surface area contributed by atoms with Crippen LogP contribution in [0.25, 0.3) is 0 Å². The lowest BCUT2D eigenvalue weighted by Gasteiger charge is -2.58. The first-order chi connectivity index (χ1) is 16.7. The van der Waals surface area contributed by atoms with E-state index in [0.717, 1.165) is 49.0 Å². The third kappa shape index (κ3) is 5.33. The Hall–Kier alpha value is -0.123. The van der Waals surface area contributed by atoms with Crippen LogP contribution in [0, 0.1) is 46.3 Å². The predicted molar refractivity (Wildman–Crippen MR) is 157 cm³/mol. The molecule has 0 amide bonds. The lowest BCUT2D eigenvalue weighted by Crippen LogP contribution is -2.50. The maximum atomic E-state index is 10.3. The molecule has 208 valence electrons. The summed E-state index contributed by atoms with van der Waals surface area (Å²) in [6.45, 7) is 23.0. The quantitative estimate of drug-likeness (QED) is 0.257. The van der Waals surface area contributed by atoms with E-state index in [-0.39, 0.29) is 6.10 Å². The molecule has 36 heavy (non-hydrogen) atoms. The summed E-state index contributed by atoms with van der Waals surface area (Å²) in [6.07, 6.45) is 16.8. The smallest absolute Gasteiger partial charge is 0.191 e. The molecule has 3 fully saturated rings. The Labute approximate surface area is 225 Å². The molecule has 4 aliphatic rings. The molecule has 4 aliphatic carbocycles. The number of hydrogen-bond acceptors (Lipinski definition) is 2. The zero-order valence-corrected chi connectivity index (χ0v) is 26.5. The van der Waals surface area contributed by atoms with Gasteiger partial charge in [-0.15, -0.1) is 0 Å². The minimum atomic E-state index is -1.63. The van der Waals surface area contributed by atoms with Gasteiger partial charge in [-0.05, 0) is 122 Å². The van der Waals surface area contributed by atoms with Crippen molar-refractivity contribution in [2.45, 2.75) is 143 Å². The molecule has 0 saturated heterocycles. The van der Waals surface area contributed by atoms with Gasteiger partial charge < -0.3 is 9.53 Å². The number of fused-ring (bicyclic) bond motifs is 5. The molecular formula is C33H60O2Si. The molecule has 1 N–H and O–H groups in total. The Morgan fingerprint density at radius 1 is 1.03 bits per heavy atom. The number of allylic oxidation sites excluding steroid dienone is 1. The Bertz CT molecular complexity index is 796. The molecule has 4 rings (SSSR count). The van der Waals surface area contributed by atoms with Gasteiger partial charge in [0.25, 0.3) is 0 Å². The van der Waals surface area contributed by atoms with Gasteiger partial charge >= 0.3 is 0 Å². The van der Waals surface area contributed by atoms with Crippen LogP contribution in [0.3, 0.4) is 0 Å². The first kappa shape index (κ1) is 28.9. The monoisotopic (exact) mass is 516 g/mol. The fourth-order valence-electron chi connectivity index (χ4n) is 9.26. The van der Waals surface area contributed by atoms with Gasteiger partial charge in [0.1, 0.15) is 0 Å². The summed E-state index contributed by atoms with van der Waals surface area (Å²) in [6, 6.07) is 0. The van der Waals surface area contributed by atoms with Crippen LogP contribution in [0.4, 0.5) is 0 Å². The van der Waals surface area contributed by atoms with Crippen molar-refractivity contribution < 1.29 is 9.53 Å². The summed E-state index contributed by atoms with van der Waals surface area (Å²) < 4.78 is 6.52. The highest BCUT2D eigenvalue weighted by molar-refractivity contribution is 6.74. The molecular weight excluding hydrogens is 456 g/mol. The van der Waals surface area contributed by atoms with Gasteiger partial charge in [0.15, 0.2) is 8.32 Å². The van der Waals surface area contributed by atoms with Crippen LogP contribution in [0.15, 0.2) is 11.6 Å². The van der Waals surface area contributed by atoms with E-state index in [1.54, 1.807) is 5.57 Å². The van der Waals surface area contributed by atoms with Crippen molar-refractivity contribution in [2.75, 3.05) is 6.61 Å². The lowest BCUT2D eigenvalue weighted by atomic mass is 9.47. The van der Waals surface area contributed by atoms with Gasteiger partial charge in [-0.3, -0.25) is 0 Å². The minimum Gasteiger partial charge on any atom is -0.417 e. The molecule has 0 aromatic heterocycles. The van der Waals surface area contributed by atoms with E-state index >= 15 is 0 Å². The van der Waals surface area contributed by atoms with Crippen molar-refractivity contribution in [2.24, 2.45) is 46.3 Å². The molecule has 3 saturated carbocycles. The third-order valence-corrected chi connectivity index (χ3v) is 17.2. The Morgan fingerprint density at radius 2 is 1.75 bits per heavy atom. The molecule has 9 atom stereocenters. The third-order valence-electron chi connectivity index (χ3n) is 12.7. The fourth-order valence-corrected chi connectivity index (χ4v) is 10.4. The molecule has 0 radical (unpaired) electrons. The maximum Gasteiger partial charge on any atom is 0.191 e. The van der Waals surface area contributed by atoms with Crippen LogP contribution < -0.4 is 0 Å². The van der Waals surface area contributed by atoms with Gasteiger partial charge in [0, 0.05) is 6.61 Å². The average molecular weight is 517 g/mol. The van der Waals surface area contributed by atoms with Gasteiger partial charge in [-0.2, -0.15) is 0 Å². The lowest BCUT2D eigenvalue weighted by molar-refractivity contribution is -0.0573. The van der Waals surface area contributed by atoms with Gasteiger partial charge in [0.2, 0.25) is 0 Å². The number of hydrogen-bond donors (Lipinski definition) is 1. The summed E-state index contributed by atoms with van der Waals surface area (Å²) in [4.78, 5) is 0. The first-order valence-electron chi connectivity index (χ1n) is 15.7. The highest BCUT2D eigenvalue weighted by atomic mass is 28.4. The Morgan fingerprint density at radius 3 is 2.44 bits per heavy atom. The van der Waals surface area contributed by atoms with E-state index in [4.69, 9.17) is 4.43 Å². The number of aliphatic hydroxyl groups is 1. The van der Waals surface area contributed by atoms with E-state index in [1.807, 2.05) is 0 Å². The average Bonchev–Trinajstić information content (AvgIpc) is 3.15. The van der Waals surface area contributed by atoms with Crippen molar-refractivity contribution in [1.29, 1.82) is 0 Å². The van der Waals surface area contributed by atoms with Crippen LogP contribution >= 0.6 is 0 Å². The van der Waals surface area contributed by atoms with Crippen molar-refractivity contribution >= 4 is 8.32 Å². The summed E-state index contributed by atoms with van der Waals surface area (Å²) in [5, 5.41) is 10.6. The highest BCUT2D eigenvalue weighted by Crippen LogP contribution is 2.67. The molecule has 2 nitrogen and oxygen atoms in total. The van der Waals surface area contributed by atoms with E-state index in [1.165, 1.54) is 57.8 Å². The van der Waals surface area contributed by atoms with Crippen LogP contribution in [-0.2, 0) is 4.43 Å². The van der Waals surface area contributed by atoms with E-state index in [0.29, 0.717) is 21.8 Å². The second-order valence-electron chi connectivity index (χ2n) is 16.0. The van der Waals surface area contributed by atoms with Crippen LogP contribution in [0.2, 0.25) is 18.1 Å². The highest BCUT2D eigenvalue weighted by Gasteiger charge is 2.59. The summed E-state index contributed by atoms with van der Waals surface area (Å²) in [5.41, 5.74) is 2.53. The summed E-state index contributed by atoms with van der Waals surface area (Å²) in [5.74, 6) is 5.10. The largest absolute Gasteiger partial charge is 0.417 e. The van der Waals surface area contributed by atoms with E-state index < -0.39 is 8.32 Å². The van der Waals surface area contributed by atoms with Gasteiger partial charge in [0.05, 0.1) is 6.10 Å². The fraction of sp³-hybridized carbons (Fsp3) is 0.939. The van der Waals surface area contributed by atoms with Crippen molar-refractivity contribution in [3.8, 4) is 0 Å². The van der Waals surface area contributed by atoms with Crippen LogP contribution in [0.1, 0.15) is 119 Å². The topological polar surface area (TPSA) is 29.5 Å². The zero-order valence-electron chi connectivity index (χ0n) is 25.5. The second kappa shape index (κ2) is 10.5. The summed E-state index contributed by atoms with van der Waals surface area (Å²) in [7, 11) is -1.63. The maximum absolute atomic E-state index is 10.3. The van der Waals surface area contributed by atoms with Crippen LogP contribution in [0.5, 0.6) is 0 Å². The SMILES string of the molecule is C[C@H](CCC[C@@H](C)[C@H]1CC[C@H]2[C@@H]3CC=C4C[C@@H](O)CC[C@]4(C)[C@H]3CC[C@]12C)CO[Si](C)(C)C(C)(C)C. The Kier molecular flexibility index (Phi) is 8.38. The molecule has 0 unspecified atom stereocenters. The summed E-state index contributed by atoms with van der Waals surface area (Å²) >= 11 is 0. The first-order valence-corrected chi connectivity index (χ1v) is 18.6. The molecule has 0 aliphatic heterocycles. The number of rotatable bonds is 8. The predicted octanol–water partition coefficient (Wildman–Crippen LogP) is 9.39. The van der Waals surface area contributed by atoms with Crippen LogP contribution in [-0.4, -0.2) is 26.1 Å². The standard InChI is InChI=1S/C33H60O2Si/c1-23(22-35-36(8,9)31(3,4)5)11-10-12-24(2)28-15-16-29-27-14-13-25-21-26(34)17-19-32(25,6)30(27)18-20-33(28,29)7/h13,23-24,26-30,34H,10-12,14-22H2,1-9H3/t23-,24-,26+,27+,28-,29+,30+,32+,33-/m1/s1. The zero-order chi connectivity index (χ0) is 26.5. The van der Waals surface area contributed by atoms with Gasteiger partial charge in [-0.25, -0.2) is 0 Å². The second-order valence-corrected chi connectivity index (χ2v) is 20.8. The van der Waals surface area contributed by atoms with Crippen molar-refractivity contribution in [1.82, 2.24) is 0 Å². The van der Waals surface area contributed by atoms with Crippen molar-refractivity contribution in [3.63, 3.8) is 0 Å². The molecule has 0 spiro atoms. The molecule has 0 aromatic rings. The van der Waals surface area contributed by atoms with E-state index in [9.17, 15) is 5.11 Å². The van der Waals surface area contributed by atoms with Crippen molar-refractivity contribution in [3.05, 3.63) is 11.6 Å². The molecule has 3 heteroatoms. The molecule has 0 aromatic carbocycles. The minimum absolute atomic E-state index is 0.0900. The molecule has 0 bridgehead atoms. The normalized spacial score (nSPS) is 40.6. The Balaban J connectivity index is 1.31. The number of aliphatic hydroxyl groups excluding tert-OH is 1.